The number of amides is 1. The van der Waals surface area contributed by atoms with Gasteiger partial charge in [0.2, 0.25) is 0 Å². The van der Waals surface area contributed by atoms with E-state index in [4.69, 9.17) is 4.74 Å². The van der Waals surface area contributed by atoms with Gasteiger partial charge in [0, 0.05) is 5.56 Å². The summed E-state index contributed by atoms with van der Waals surface area (Å²) in [6, 6.07) is 16.3. The number of ether oxygens (including phenoxy) is 1. The maximum atomic E-state index is 13.0. The number of ketones is 1. The summed E-state index contributed by atoms with van der Waals surface area (Å²) < 4.78 is 5.17. The molecule has 0 aliphatic carbocycles. The van der Waals surface area contributed by atoms with Crippen molar-refractivity contribution >= 4 is 17.4 Å². The number of Topliss-reactive ketones (excluding diaryl/α,β-unsaturated/α-hetero) is 1. The molecule has 128 valence electrons. The van der Waals surface area contributed by atoms with E-state index in [0.29, 0.717) is 11.3 Å². The first kappa shape index (κ1) is 16.9. The Balaban J connectivity index is 1.84. The number of methoxy groups -OCH3 is 1. The van der Waals surface area contributed by atoms with Crippen LogP contribution in [0, 0.1) is 0 Å². The molecule has 0 fully saturated rings. The lowest BCUT2D eigenvalue weighted by atomic mass is 9.78. The predicted octanol–water partition coefficient (Wildman–Crippen LogP) is 3.05. The Kier molecular flexibility index (Phi) is 4.40. The molecule has 2 aromatic rings. The van der Waals surface area contributed by atoms with Crippen LogP contribution >= 0.6 is 0 Å². The Morgan fingerprint density at radius 2 is 1.76 bits per heavy atom. The molecule has 0 aromatic heterocycles. The van der Waals surface area contributed by atoms with Crippen LogP contribution in [0.25, 0.3) is 0 Å². The molecule has 1 aliphatic rings. The van der Waals surface area contributed by atoms with E-state index in [0.717, 1.165) is 11.3 Å². The van der Waals surface area contributed by atoms with Crippen LogP contribution in [0.5, 0.6) is 5.75 Å². The minimum Gasteiger partial charge on any atom is -0.497 e. The molecule has 5 heteroatoms. The Labute approximate surface area is 146 Å². The van der Waals surface area contributed by atoms with E-state index in [1.54, 1.807) is 31.4 Å². The van der Waals surface area contributed by atoms with Gasteiger partial charge in [-0.15, -0.1) is 0 Å². The second-order valence-electron chi connectivity index (χ2n) is 6.19. The van der Waals surface area contributed by atoms with Crippen LogP contribution in [0.1, 0.15) is 29.8 Å². The summed E-state index contributed by atoms with van der Waals surface area (Å²) in [5.41, 5.74) is 1.20. The summed E-state index contributed by atoms with van der Waals surface area (Å²) in [5.74, 6) is 0.396. The Bertz CT molecular complexity index is 828. The Morgan fingerprint density at radius 3 is 2.36 bits per heavy atom. The van der Waals surface area contributed by atoms with Gasteiger partial charge in [-0.3, -0.25) is 9.59 Å². The van der Waals surface area contributed by atoms with Gasteiger partial charge in [-0.25, -0.2) is 5.01 Å². The van der Waals surface area contributed by atoms with E-state index < -0.39 is 5.41 Å². The minimum atomic E-state index is -0.872. The molecule has 5 nitrogen and oxygen atoms in total. The smallest absolute Gasteiger partial charge is 0.259 e. The standard InChI is InChI=1S/C20H20N2O3/c1-14-20(2,16-9-11-17(25-3)12-10-16)19(24)22(21-14)13-18(23)15-7-5-4-6-8-15/h4-12H,13H2,1-3H3. The van der Waals surface area contributed by atoms with E-state index >= 15 is 0 Å². The summed E-state index contributed by atoms with van der Waals surface area (Å²) in [7, 11) is 1.60. The third-order valence-electron chi connectivity index (χ3n) is 4.71. The fraction of sp³-hybridized carbons (Fsp3) is 0.250. The number of carbonyl (C=O) groups excluding carboxylic acids is 2. The number of hydrogen-bond acceptors (Lipinski definition) is 4. The largest absolute Gasteiger partial charge is 0.497 e. The van der Waals surface area contributed by atoms with Crippen molar-refractivity contribution in [2.75, 3.05) is 13.7 Å². The number of hydrazone groups is 1. The van der Waals surface area contributed by atoms with Crippen molar-refractivity contribution in [3.05, 3.63) is 65.7 Å². The molecule has 3 rings (SSSR count). The van der Waals surface area contributed by atoms with Gasteiger partial charge in [-0.2, -0.15) is 5.10 Å². The van der Waals surface area contributed by atoms with Crippen molar-refractivity contribution in [2.45, 2.75) is 19.3 Å². The zero-order chi connectivity index (χ0) is 18.0. The van der Waals surface area contributed by atoms with Gasteiger partial charge >= 0.3 is 0 Å². The molecule has 1 unspecified atom stereocenters. The van der Waals surface area contributed by atoms with Gasteiger partial charge < -0.3 is 4.74 Å². The lowest BCUT2D eigenvalue weighted by Crippen LogP contribution is -2.41. The number of nitrogens with zero attached hydrogens (tertiary/aromatic N) is 2. The van der Waals surface area contributed by atoms with Crippen LogP contribution < -0.4 is 4.74 Å². The highest BCUT2D eigenvalue weighted by molar-refractivity contribution is 6.17. The highest BCUT2D eigenvalue weighted by Crippen LogP contribution is 2.34. The summed E-state index contributed by atoms with van der Waals surface area (Å²) in [6.45, 7) is 3.59. The van der Waals surface area contributed by atoms with Gasteiger partial charge in [0.1, 0.15) is 17.7 Å². The van der Waals surface area contributed by atoms with Crippen molar-refractivity contribution in [3.63, 3.8) is 0 Å². The number of rotatable bonds is 5. The van der Waals surface area contributed by atoms with Crippen molar-refractivity contribution < 1.29 is 14.3 Å². The summed E-state index contributed by atoms with van der Waals surface area (Å²) in [4.78, 5) is 25.4. The van der Waals surface area contributed by atoms with Crippen molar-refractivity contribution in [1.82, 2.24) is 5.01 Å². The van der Waals surface area contributed by atoms with Crippen LogP contribution in [-0.4, -0.2) is 36.1 Å². The van der Waals surface area contributed by atoms with Crippen molar-refractivity contribution in [3.8, 4) is 5.75 Å². The summed E-state index contributed by atoms with van der Waals surface area (Å²) >= 11 is 0. The third kappa shape index (κ3) is 2.93. The molecule has 0 spiro atoms. The quantitative estimate of drug-likeness (QED) is 0.789. The SMILES string of the molecule is COc1ccc(C2(C)C(=O)N(CC(=O)c3ccccc3)N=C2C)cc1. The van der Waals surface area contributed by atoms with Crippen LogP contribution in [0.15, 0.2) is 59.7 Å². The topological polar surface area (TPSA) is 59.0 Å². The highest BCUT2D eigenvalue weighted by atomic mass is 16.5. The molecule has 0 bridgehead atoms. The second-order valence-corrected chi connectivity index (χ2v) is 6.19. The van der Waals surface area contributed by atoms with Crippen LogP contribution in [0.3, 0.4) is 0 Å². The molecule has 1 amide bonds. The fourth-order valence-electron chi connectivity index (χ4n) is 2.95. The zero-order valence-electron chi connectivity index (χ0n) is 14.5. The monoisotopic (exact) mass is 336 g/mol. The second kappa shape index (κ2) is 6.51. The van der Waals surface area contributed by atoms with Crippen LogP contribution in [0.4, 0.5) is 0 Å². The molecule has 0 saturated heterocycles. The van der Waals surface area contributed by atoms with E-state index in [2.05, 4.69) is 5.10 Å². The fourth-order valence-corrected chi connectivity index (χ4v) is 2.95. The molecule has 1 aliphatic heterocycles. The average Bonchev–Trinajstić information content (AvgIpc) is 2.87. The number of benzene rings is 2. The molecule has 0 saturated carbocycles. The predicted molar refractivity (Wildman–Crippen MR) is 95.9 cm³/mol. The van der Waals surface area contributed by atoms with Gasteiger partial charge in [0.15, 0.2) is 5.78 Å². The lowest BCUT2D eigenvalue weighted by Gasteiger charge is -2.24. The average molecular weight is 336 g/mol. The van der Waals surface area contributed by atoms with Gasteiger partial charge in [-0.1, -0.05) is 42.5 Å². The number of carbonyl (C=O) groups is 2. The maximum Gasteiger partial charge on any atom is 0.259 e. The first-order chi connectivity index (χ1) is 12.0. The molecule has 25 heavy (non-hydrogen) atoms. The van der Waals surface area contributed by atoms with E-state index in [-0.39, 0.29) is 18.2 Å². The van der Waals surface area contributed by atoms with Crippen LogP contribution in [0.2, 0.25) is 0 Å². The molecular formula is C20H20N2O3. The van der Waals surface area contributed by atoms with Crippen LogP contribution in [-0.2, 0) is 10.2 Å². The zero-order valence-corrected chi connectivity index (χ0v) is 14.5. The van der Waals surface area contributed by atoms with Crippen molar-refractivity contribution in [2.24, 2.45) is 5.10 Å². The Hall–Kier alpha value is -2.95. The molecule has 1 atom stereocenters. The van der Waals surface area contributed by atoms with Crippen molar-refractivity contribution in [1.29, 1.82) is 0 Å². The van der Waals surface area contributed by atoms with Gasteiger partial charge in [0.05, 0.1) is 12.8 Å². The highest BCUT2D eigenvalue weighted by Gasteiger charge is 2.46. The molecule has 2 aromatic carbocycles. The minimum absolute atomic E-state index is 0.0636. The third-order valence-corrected chi connectivity index (χ3v) is 4.71. The summed E-state index contributed by atoms with van der Waals surface area (Å²) in [5, 5.41) is 5.63. The first-order valence-electron chi connectivity index (χ1n) is 8.07. The number of hydrogen-bond donors (Lipinski definition) is 0. The summed E-state index contributed by atoms with van der Waals surface area (Å²) in [6.07, 6.45) is 0. The molecule has 0 N–H and O–H groups in total. The first-order valence-corrected chi connectivity index (χ1v) is 8.07. The maximum absolute atomic E-state index is 13.0. The van der Waals surface area contributed by atoms with Gasteiger partial charge in [-0.05, 0) is 31.5 Å². The van der Waals surface area contributed by atoms with E-state index in [9.17, 15) is 9.59 Å². The molecular weight excluding hydrogens is 316 g/mol. The van der Waals surface area contributed by atoms with Gasteiger partial charge in [0.25, 0.3) is 5.91 Å². The molecule has 0 radical (unpaired) electrons. The molecule has 1 heterocycles. The lowest BCUT2D eigenvalue weighted by molar-refractivity contribution is -0.132. The normalized spacial score (nSPS) is 19.7. The van der Waals surface area contributed by atoms with E-state index in [1.807, 2.05) is 44.2 Å². The Morgan fingerprint density at radius 1 is 1.12 bits per heavy atom. The van der Waals surface area contributed by atoms with E-state index in [1.165, 1.54) is 5.01 Å².